The van der Waals surface area contributed by atoms with Gasteiger partial charge in [0.05, 0.1) is 11.6 Å². The Morgan fingerprint density at radius 3 is 2.76 bits per heavy atom. The molecule has 21 heavy (non-hydrogen) atoms. The molecule has 5 heteroatoms. The summed E-state index contributed by atoms with van der Waals surface area (Å²) in [4.78, 5) is 15.6. The van der Waals surface area contributed by atoms with Crippen molar-refractivity contribution in [2.24, 2.45) is 0 Å². The van der Waals surface area contributed by atoms with E-state index < -0.39 is 5.82 Å². The smallest absolute Gasteiger partial charge is 0.196 e. The summed E-state index contributed by atoms with van der Waals surface area (Å²) < 4.78 is 13.9. The van der Waals surface area contributed by atoms with E-state index in [9.17, 15) is 9.18 Å². The van der Waals surface area contributed by atoms with Crippen LogP contribution in [0.15, 0.2) is 47.1 Å². The van der Waals surface area contributed by atoms with E-state index in [1.54, 1.807) is 24.4 Å². The first-order valence-corrected chi connectivity index (χ1v) is 6.90. The van der Waals surface area contributed by atoms with Gasteiger partial charge >= 0.3 is 0 Å². The van der Waals surface area contributed by atoms with Crippen molar-refractivity contribution in [2.45, 2.75) is 0 Å². The Kier molecular flexibility index (Phi) is 3.32. The molecule has 3 nitrogen and oxygen atoms in total. The molecule has 3 rings (SSSR count). The first kappa shape index (κ1) is 13.5. The lowest BCUT2D eigenvalue weighted by molar-refractivity contribution is 0.103. The Morgan fingerprint density at radius 1 is 1.19 bits per heavy atom. The molecule has 0 unspecified atom stereocenters. The molecular formula is C16H8BrFN2O. The Bertz CT molecular complexity index is 908. The highest BCUT2D eigenvalue weighted by molar-refractivity contribution is 9.10. The predicted octanol–water partition coefficient (Wildman–Crippen LogP) is 4.17. The van der Waals surface area contributed by atoms with Crippen LogP contribution in [0.25, 0.3) is 10.9 Å². The maximum atomic E-state index is 13.4. The van der Waals surface area contributed by atoms with Gasteiger partial charge in [-0.1, -0.05) is 15.9 Å². The number of aromatic amines is 1. The summed E-state index contributed by atoms with van der Waals surface area (Å²) in [6.45, 7) is 0. The molecule has 0 bridgehead atoms. The lowest BCUT2D eigenvalue weighted by Crippen LogP contribution is -2.02. The number of H-pyrrole nitrogens is 1. The fourth-order valence-electron chi connectivity index (χ4n) is 2.19. The fourth-order valence-corrected chi connectivity index (χ4v) is 2.62. The fraction of sp³-hybridized carbons (Fsp3) is 0. The molecule has 0 aliphatic carbocycles. The highest BCUT2D eigenvalue weighted by Crippen LogP contribution is 2.26. The van der Waals surface area contributed by atoms with E-state index >= 15 is 0 Å². The van der Waals surface area contributed by atoms with Crippen LogP contribution in [-0.2, 0) is 0 Å². The van der Waals surface area contributed by atoms with Crippen LogP contribution in [0.5, 0.6) is 0 Å². The van der Waals surface area contributed by atoms with Crippen molar-refractivity contribution in [1.82, 2.24) is 4.98 Å². The molecule has 0 fully saturated rings. The third kappa shape index (κ3) is 2.34. The third-order valence-corrected chi connectivity index (χ3v) is 3.92. The molecule has 102 valence electrons. The van der Waals surface area contributed by atoms with Crippen molar-refractivity contribution >= 4 is 32.6 Å². The van der Waals surface area contributed by atoms with Crippen LogP contribution in [0.4, 0.5) is 4.39 Å². The van der Waals surface area contributed by atoms with Gasteiger partial charge in [-0.15, -0.1) is 0 Å². The second kappa shape index (κ2) is 5.15. The lowest BCUT2D eigenvalue weighted by Gasteiger charge is -2.03. The van der Waals surface area contributed by atoms with Crippen molar-refractivity contribution in [2.75, 3.05) is 0 Å². The van der Waals surface area contributed by atoms with Gasteiger partial charge in [0.1, 0.15) is 5.82 Å². The van der Waals surface area contributed by atoms with E-state index in [0.29, 0.717) is 21.0 Å². The minimum Gasteiger partial charge on any atom is -0.360 e. The highest BCUT2D eigenvalue weighted by atomic mass is 79.9. The molecule has 0 aliphatic rings. The van der Waals surface area contributed by atoms with Gasteiger partial charge in [-0.2, -0.15) is 5.26 Å². The van der Waals surface area contributed by atoms with Crippen LogP contribution >= 0.6 is 15.9 Å². The van der Waals surface area contributed by atoms with Gasteiger partial charge in [-0.05, 0) is 36.4 Å². The summed E-state index contributed by atoms with van der Waals surface area (Å²) in [6.07, 6.45) is 1.57. The van der Waals surface area contributed by atoms with Crippen LogP contribution in [-0.4, -0.2) is 10.8 Å². The first-order chi connectivity index (χ1) is 10.1. The van der Waals surface area contributed by atoms with Crippen molar-refractivity contribution in [3.63, 3.8) is 0 Å². The Morgan fingerprint density at radius 2 is 2.00 bits per heavy atom. The molecule has 0 aliphatic heterocycles. The quantitative estimate of drug-likeness (QED) is 0.710. The number of carbonyl (C=O) groups is 1. The number of aromatic nitrogens is 1. The number of hydrogen-bond acceptors (Lipinski definition) is 2. The Labute approximate surface area is 128 Å². The zero-order valence-corrected chi connectivity index (χ0v) is 12.2. The molecule has 0 spiro atoms. The highest BCUT2D eigenvalue weighted by Gasteiger charge is 2.17. The molecule has 3 aromatic rings. The minimum atomic E-state index is -0.473. The van der Waals surface area contributed by atoms with Crippen molar-refractivity contribution in [1.29, 1.82) is 5.26 Å². The summed E-state index contributed by atoms with van der Waals surface area (Å²) in [6, 6.07) is 11.1. The second-order valence-corrected chi connectivity index (χ2v) is 5.38. The van der Waals surface area contributed by atoms with Crippen LogP contribution in [0.1, 0.15) is 21.5 Å². The van der Waals surface area contributed by atoms with E-state index in [0.717, 1.165) is 5.52 Å². The summed E-state index contributed by atoms with van der Waals surface area (Å²) in [5.41, 5.74) is 1.88. The minimum absolute atomic E-state index is 0.248. The van der Waals surface area contributed by atoms with E-state index in [-0.39, 0.29) is 11.3 Å². The number of nitrogens with zero attached hydrogens (tertiary/aromatic N) is 1. The SMILES string of the molecule is N#Cc1ccc2[nH]cc(C(=O)c3cc(F)ccc3Br)c2c1. The zero-order chi connectivity index (χ0) is 15.0. The number of rotatable bonds is 2. The second-order valence-electron chi connectivity index (χ2n) is 4.53. The van der Waals surface area contributed by atoms with E-state index in [1.807, 2.05) is 6.07 Å². The summed E-state index contributed by atoms with van der Waals surface area (Å²) in [5.74, 6) is -0.776. The molecule has 1 heterocycles. The van der Waals surface area contributed by atoms with Gasteiger partial charge < -0.3 is 4.98 Å². The van der Waals surface area contributed by atoms with Crippen LogP contribution in [0.2, 0.25) is 0 Å². The number of nitrogens with one attached hydrogen (secondary N) is 1. The molecule has 2 aromatic carbocycles. The number of fused-ring (bicyclic) bond motifs is 1. The van der Waals surface area contributed by atoms with Crippen molar-refractivity contribution in [3.05, 3.63) is 69.6 Å². The summed E-state index contributed by atoms with van der Waals surface area (Å²) in [7, 11) is 0. The maximum absolute atomic E-state index is 13.4. The van der Waals surface area contributed by atoms with Gasteiger partial charge in [0, 0.05) is 32.7 Å². The monoisotopic (exact) mass is 342 g/mol. The topological polar surface area (TPSA) is 56.6 Å². The van der Waals surface area contributed by atoms with Crippen molar-refractivity contribution < 1.29 is 9.18 Å². The number of ketones is 1. The number of benzene rings is 2. The van der Waals surface area contributed by atoms with E-state index in [4.69, 9.17) is 5.26 Å². The number of hydrogen-bond donors (Lipinski definition) is 1. The van der Waals surface area contributed by atoms with Crippen LogP contribution < -0.4 is 0 Å². The van der Waals surface area contributed by atoms with Gasteiger partial charge in [0.25, 0.3) is 0 Å². The molecule has 0 amide bonds. The molecule has 0 saturated carbocycles. The molecule has 1 N–H and O–H groups in total. The van der Waals surface area contributed by atoms with Crippen LogP contribution in [0.3, 0.4) is 0 Å². The lowest BCUT2D eigenvalue weighted by atomic mass is 10.0. The average Bonchev–Trinajstić information content (AvgIpc) is 2.91. The number of halogens is 2. The van der Waals surface area contributed by atoms with Gasteiger partial charge in [0.2, 0.25) is 0 Å². The summed E-state index contributed by atoms with van der Waals surface area (Å²) in [5, 5.41) is 9.61. The van der Waals surface area contributed by atoms with Crippen molar-refractivity contribution in [3.8, 4) is 6.07 Å². The Balaban J connectivity index is 2.18. The van der Waals surface area contributed by atoms with Gasteiger partial charge in [-0.25, -0.2) is 4.39 Å². The van der Waals surface area contributed by atoms with E-state index in [2.05, 4.69) is 20.9 Å². The summed E-state index contributed by atoms with van der Waals surface area (Å²) >= 11 is 3.26. The zero-order valence-electron chi connectivity index (χ0n) is 10.7. The third-order valence-electron chi connectivity index (χ3n) is 3.23. The molecule has 1 aromatic heterocycles. The first-order valence-electron chi connectivity index (χ1n) is 6.11. The molecular weight excluding hydrogens is 335 g/mol. The standard InChI is InChI=1S/C16H8BrFN2O/c17-14-3-2-10(18)6-12(14)16(21)13-8-20-15-4-1-9(7-19)5-11(13)15/h1-6,8,20H. The number of nitriles is 1. The van der Waals surface area contributed by atoms with Crippen LogP contribution in [0, 0.1) is 17.1 Å². The largest absolute Gasteiger partial charge is 0.360 e. The Hall–Kier alpha value is -2.45. The normalized spacial score (nSPS) is 10.5. The van der Waals surface area contributed by atoms with Gasteiger partial charge in [-0.3, -0.25) is 4.79 Å². The van der Waals surface area contributed by atoms with Gasteiger partial charge in [0.15, 0.2) is 5.78 Å². The molecule has 0 atom stereocenters. The molecule has 0 saturated heterocycles. The average molecular weight is 343 g/mol. The van der Waals surface area contributed by atoms with E-state index in [1.165, 1.54) is 18.2 Å². The molecule has 0 radical (unpaired) electrons. The predicted molar refractivity (Wildman–Crippen MR) is 80.5 cm³/mol. The maximum Gasteiger partial charge on any atom is 0.196 e. The number of carbonyl (C=O) groups excluding carboxylic acids is 1.